The van der Waals surface area contributed by atoms with Gasteiger partial charge in [0.1, 0.15) is 50.7 Å². The summed E-state index contributed by atoms with van der Waals surface area (Å²) >= 11 is 0. The van der Waals surface area contributed by atoms with Crippen LogP contribution in [0.15, 0.2) is 144 Å². The van der Waals surface area contributed by atoms with E-state index in [4.69, 9.17) is 14.2 Å². The highest BCUT2D eigenvalue weighted by atomic mass is 35.5. The van der Waals surface area contributed by atoms with E-state index in [-0.39, 0.29) is 53.6 Å². The number of phenolic OH excluding ortho intramolecular Hbond substituents is 1. The third-order valence-corrected chi connectivity index (χ3v) is 28.2. The number of nitrogens with zero attached hydrogens (tertiary/aromatic N) is 1. The van der Waals surface area contributed by atoms with E-state index in [1.54, 1.807) is 6.08 Å². The van der Waals surface area contributed by atoms with E-state index in [1.165, 1.54) is 43.5 Å². The predicted molar refractivity (Wildman–Crippen MR) is 393 cm³/mol. The van der Waals surface area contributed by atoms with Crippen molar-refractivity contribution < 1.29 is 63.3 Å². The summed E-state index contributed by atoms with van der Waals surface area (Å²) in [5, 5.41) is 15.0. The van der Waals surface area contributed by atoms with Crippen LogP contribution in [0.5, 0.6) is 28.7 Å². The average molecular weight is 1380 g/mol. The molecule has 0 fully saturated rings. The molecule has 9 nitrogen and oxygen atoms in total. The third-order valence-electron chi connectivity index (χ3n) is 21.2. The number of carbonyl (C=O) groups excluding carboxylic acids is 4. The molecule has 4 heterocycles. The van der Waals surface area contributed by atoms with Crippen molar-refractivity contribution in [2.45, 2.75) is 191 Å². The molecule has 1 N–H and O–H groups in total. The maximum atomic E-state index is 13.8. The monoisotopic (exact) mass is 1370 g/mol. The first kappa shape index (κ1) is 73.7. The van der Waals surface area contributed by atoms with Crippen molar-refractivity contribution in [2.75, 3.05) is 11.4 Å². The van der Waals surface area contributed by atoms with E-state index in [2.05, 4.69) is 168 Å². The summed E-state index contributed by atoms with van der Waals surface area (Å²) in [6.45, 7) is 38.3. The molecule has 1 spiro atoms. The number of ketones is 3. The minimum Gasteiger partial charge on any atom is -1.00 e. The minimum absolute atomic E-state index is 0. The SMILES string of the molecule is Cc1cc(C(=O)CCCC(C)C)ccc1C1=C2C=CC(=O)C=C2[Si](C)(C)c2cc(Oc3cc(C)c(O)c(C)c3)ccc21.Cc1cc(Oc2ccc3c(c2)[Si](C)(C)c2cc4c(cc2C32OC(=O)c3ccccc32)C(C)CC(C)(C)N4CCCC(=O)CCCC(C)C)cc(C)c1C.[Cl-].[Cl-]. The number of phenols is 1. The zero-order chi connectivity index (χ0) is 68.4. The normalized spacial score (nSPS) is 17.9. The molecule has 7 aromatic carbocycles. The van der Waals surface area contributed by atoms with E-state index in [0.717, 1.165) is 129 Å². The van der Waals surface area contributed by atoms with Crippen molar-refractivity contribution in [3.63, 3.8) is 0 Å². The molecule has 0 amide bonds. The molecular formula is C84H97Cl2NO8Si2-2. The van der Waals surface area contributed by atoms with Gasteiger partial charge in [0.15, 0.2) is 17.2 Å². The van der Waals surface area contributed by atoms with Gasteiger partial charge in [-0.3, -0.25) is 14.4 Å². The van der Waals surface area contributed by atoms with Gasteiger partial charge in [-0.1, -0.05) is 122 Å². The van der Waals surface area contributed by atoms with Crippen LogP contribution in [0.3, 0.4) is 0 Å². The van der Waals surface area contributed by atoms with Crippen LogP contribution >= 0.6 is 0 Å². The summed E-state index contributed by atoms with van der Waals surface area (Å²) in [5.74, 6) is 5.12. The number of fused-ring (bicyclic) bond motifs is 9. The average Bonchev–Trinajstić information content (AvgIpc) is 1.66. The van der Waals surface area contributed by atoms with Gasteiger partial charge in [0.05, 0.1) is 5.56 Å². The Kier molecular flexibility index (Phi) is 21.8. The molecule has 0 radical (unpaired) electrons. The number of allylic oxidation sites excluding steroid dienone is 5. The molecule has 97 heavy (non-hydrogen) atoms. The lowest BCUT2D eigenvalue weighted by atomic mass is 9.75. The fourth-order valence-electron chi connectivity index (χ4n) is 15.7. The van der Waals surface area contributed by atoms with E-state index in [9.17, 15) is 24.3 Å². The molecule has 5 aliphatic rings. The van der Waals surface area contributed by atoms with Gasteiger partial charge in [0, 0.05) is 59.3 Å². The quantitative estimate of drug-likeness (QED) is 0.0509. The van der Waals surface area contributed by atoms with Gasteiger partial charge >= 0.3 is 5.97 Å². The van der Waals surface area contributed by atoms with Crippen LogP contribution in [0.4, 0.5) is 5.69 Å². The number of aromatic hydroxyl groups is 1. The topological polar surface area (TPSA) is 119 Å². The first-order valence-corrected chi connectivity index (χ1v) is 40.6. The Morgan fingerprint density at radius 2 is 1.19 bits per heavy atom. The number of hydrogen-bond acceptors (Lipinski definition) is 9. The highest BCUT2D eigenvalue weighted by Gasteiger charge is 2.57. The van der Waals surface area contributed by atoms with Crippen molar-refractivity contribution in [1.82, 2.24) is 0 Å². The number of hydrogen-bond donors (Lipinski definition) is 1. The van der Waals surface area contributed by atoms with Crippen LogP contribution < -0.4 is 54.7 Å². The number of anilines is 1. The van der Waals surface area contributed by atoms with E-state index in [1.807, 2.05) is 80.6 Å². The van der Waals surface area contributed by atoms with Crippen molar-refractivity contribution in [1.29, 1.82) is 0 Å². The number of halogens is 2. The molecule has 0 saturated carbocycles. The summed E-state index contributed by atoms with van der Waals surface area (Å²) in [5.41, 5.74) is 16.5. The fraction of sp³-hybridized carbons (Fsp3) is 0.381. The Labute approximate surface area is 591 Å². The summed E-state index contributed by atoms with van der Waals surface area (Å²) in [6, 6.07) is 39.4. The van der Waals surface area contributed by atoms with Crippen LogP contribution in [-0.2, 0) is 19.9 Å². The standard InChI is InChI=1S/C47H57NO4Si.C37H40O4Si.2ClH/c1-29(2)15-13-16-34(49)17-14-22-48-42-27-44-41(26-38(42)32(5)28-46(48,7)8)47(39-19-12-11-18-37(39)45(50)52-47)40-21-20-35(25-43(40)53(44,9)10)51-36-23-30(3)33(6)31(4)24-36;1-22(2)9-8-10-33(39)26-11-14-30(23(3)17-26)36-31-15-12-27(38)20-34(31)42(6,7)35-21-28(13-16-32(35)36)41-29-18-24(4)37(40)25(5)19-29;;/h11-12,18-21,23-27,29,32H,13-17,22,28H2,1-10H3;11-22,40H,8-10H2,1-7H3;2*1H/p-2. The molecular weight excluding hydrogens is 1280 g/mol. The van der Waals surface area contributed by atoms with Crippen molar-refractivity contribution in [3.8, 4) is 28.7 Å². The Morgan fingerprint density at radius 1 is 0.608 bits per heavy atom. The largest absolute Gasteiger partial charge is 1.00 e. The fourth-order valence-corrected chi connectivity index (χ4v) is 21.9. The van der Waals surface area contributed by atoms with E-state index < -0.39 is 21.7 Å². The van der Waals surface area contributed by atoms with Gasteiger partial charge in [-0.05, 0) is 266 Å². The number of aryl methyl sites for hydroxylation is 5. The van der Waals surface area contributed by atoms with Crippen LogP contribution in [0.2, 0.25) is 26.2 Å². The Balaban J connectivity index is 0.000000229. The molecule has 7 aromatic rings. The van der Waals surface area contributed by atoms with Gasteiger partial charge in [-0.15, -0.1) is 0 Å². The van der Waals surface area contributed by atoms with Gasteiger partial charge < -0.3 is 49.0 Å². The second-order valence-electron chi connectivity index (χ2n) is 30.3. The summed E-state index contributed by atoms with van der Waals surface area (Å²) < 4.78 is 19.7. The van der Waals surface area contributed by atoms with Crippen molar-refractivity contribution in [3.05, 3.63) is 222 Å². The number of carbonyl (C=O) groups is 4. The minimum atomic E-state index is -2.43. The lowest BCUT2D eigenvalue weighted by Crippen LogP contribution is -3.00. The number of rotatable bonds is 18. The Bertz CT molecular complexity index is 4330. The van der Waals surface area contributed by atoms with Crippen molar-refractivity contribution >= 4 is 66.3 Å². The summed E-state index contributed by atoms with van der Waals surface area (Å²) in [4.78, 5) is 54.9. The second kappa shape index (κ2) is 28.7. The van der Waals surface area contributed by atoms with Gasteiger partial charge in [-0.2, -0.15) is 0 Å². The first-order chi connectivity index (χ1) is 44.9. The van der Waals surface area contributed by atoms with E-state index >= 15 is 0 Å². The molecule has 4 aliphatic heterocycles. The van der Waals surface area contributed by atoms with Crippen molar-refractivity contribution in [2.24, 2.45) is 11.8 Å². The molecule has 2 unspecified atom stereocenters. The molecule has 13 heteroatoms. The molecule has 0 bridgehead atoms. The van der Waals surface area contributed by atoms with Gasteiger partial charge in [0.2, 0.25) is 0 Å². The van der Waals surface area contributed by atoms with Crippen LogP contribution in [-0.4, -0.2) is 56.7 Å². The Morgan fingerprint density at radius 3 is 1.82 bits per heavy atom. The van der Waals surface area contributed by atoms with Crippen LogP contribution in [0.25, 0.3) is 5.57 Å². The highest BCUT2D eigenvalue weighted by molar-refractivity contribution is 7.01. The van der Waals surface area contributed by atoms with Crippen LogP contribution in [0, 0.1) is 53.4 Å². The molecule has 2 atom stereocenters. The predicted octanol–water partition coefficient (Wildman–Crippen LogP) is 12.7. The molecule has 1 aliphatic carbocycles. The number of ether oxygens (including phenoxy) is 3. The first-order valence-electron chi connectivity index (χ1n) is 34.6. The molecule has 12 rings (SSSR count). The summed E-state index contributed by atoms with van der Waals surface area (Å²) in [6.07, 6.45) is 13.2. The zero-order valence-electron chi connectivity index (χ0n) is 60.0. The van der Waals surface area contributed by atoms with Gasteiger partial charge in [0.25, 0.3) is 0 Å². The number of Topliss-reactive ketones (excluding diaryl/α,β-unsaturated/α-hetero) is 2. The molecule has 510 valence electrons. The Hall–Kier alpha value is -7.55. The maximum Gasteiger partial charge on any atom is 0.340 e. The third kappa shape index (κ3) is 14.2. The van der Waals surface area contributed by atoms with E-state index in [0.29, 0.717) is 54.1 Å². The zero-order valence-corrected chi connectivity index (χ0v) is 63.5. The molecule has 0 aromatic heterocycles. The smallest absolute Gasteiger partial charge is 0.340 e. The number of esters is 1. The van der Waals surface area contributed by atoms with Gasteiger partial charge in [-0.25, -0.2) is 4.79 Å². The number of benzene rings is 7. The lowest BCUT2D eigenvalue weighted by Gasteiger charge is -2.50. The summed E-state index contributed by atoms with van der Waals surface area (Å²) in [7, 11) is -4.71. The highest BCUT2D eigenvalue weighted by Crippen LogP contribution is 2.53. The lowest BCUT2D eigenvalue weighted by molar-refractivity contribution is -0.119. The molecule has 0 saturated heterocycles. The van der Waals surface area contributed by atoms with Crippen LogP contribution in [0.1, 0.15) is 200 Å². The second-order valence-corrected chi connectivity index (χ2v) is 39.0. The maximum absolute atomic E-state index is 13.8.